The first kappa shape index (κ1) is 12.8. The van der Waals surface area contributed by atoms with Crippen LogP contribution in [0.15, 0.2) is 36.8 Å². The van der Waals surface area contributed by atoms with E-state index in [9.17, 15) is 0 Å². The van der Waals surface area contributed by atoms with Crippen molar-refractivity contribution in [1.29, 1.82) is 0 Å². The van der Waals surface area contributed by atoms with Crippen LogP contribution in [0.4, 0.5) is 0 Å². The summed E-state index contributed by atoms with van der Waals surface area (Å²) in [6.45, 7) is 0. The molecule has 2 rings (SSSR count). The predicted octanol–water partition coefficient (Wildman–Crippen LogP) is 1.58. The fraction of sp³-hybridized carbons (Fsp3) is 0.429. The van der Waals surface area contributed by atoms with Gasteiger partial charge in [0, 0.05) is 38.1 Å². The Morgan fingerprint density at radius 2 is 2.28 bits per heavy atom. The van der Waals surface area contributed by atoms with E-state index in [0.29, 0.717) is 6.04 Å². The summed E-state index contributed by atoms with van der Waals surface area (Å²) in [7, 11) is 3.96. The topological polar surface area (TPSA) is 42.7 Å². The average Bonchev–Trinajstić information content (AvgIpc) is 2.81. The molecule has 2 heterocycles. The normalized spacial score (nSPS) is 12.6. The van der Waals surface area contributed by atoms with Crippen LogP contribution in [0.5, 0.6) is 0 Å². The van der Waals surface area contributed by atoms with E-state index < -0.39 is 0 Å². The molecule has 0 fully saturated rings. The Hall–Kier alpha value is -1.68. The highest BCUT2D eigenvalue weighted by molar-refractivity contribution is 5.09. The van der Waals surface area contributed by atoms with Crippen LogP contribution < -0.4 is 5.32 Å². The second-order valence-corrected chi connectivity index (χ2v) is 4.57. The van der Waals surface area contributed by atoms with Gasteiger partial charge < -0.3 is 5.32 Å². The number of nitrogens with zero attached hydrogens (tertiary/aromatic N) is 3. The Morgan fingerprint density at radius 3 is 2.89 bits per heavy atom. The number of aromatic nitrogens is 3. The van der Waals surface area contributed by atoms with Crippen molar-refractivity contribution in [2.75, 3.05) is 7.05 Å². The van der Waals surface area contributed by atoms with E-state index in [0.717, 1.165) is 25.0 Å². The van der Waals surface area contributed by atoms with E-state index in [1.54, 1.807) is 0 Å². The minimum atomic E-state index is 0.458. The minimum absolute atomic E-state index is 0.458. The third kappa shape index (κ3) is 3.67. The van der Waals surface area contributed by atoms with Crippen molar-refractivity contribution in [3.05, 3.63) is 48.0 Å². The molecular formula is C14H20N4. The molecule has 0 amide bonds. The van der Waals surface area contributed by atoms with Crippen molar-refractivity contribution < 1.29 is 0 Å². The number of hydrogen-bond donors (Lipinski definition) is 1. The molecule has 1 atom stereocenters. The Bertz CT molecular complexity index is 464. The Balaban J connectivity index is 1.86. The molecule has 0 saturated carbocycles. The van der Waals surface area contributed by atoms with Gasteiger partial charge >= 0.3 is 0 Å². The zero-order chi connectivity index (χ0) is 12.8. The van der Waals surface area contributed by atoms with Crippen molar-refractivity contribution in [1.82, 2.24) is 20.1 Å². The van der Waals surface area contributed by atoms with E-state index in [2.05, 4.69) is 27.5 Å². The van der Waals surface area contributed by atoms with Crippen LogP contribution >= 0.6 is 0 Å². The van der Waals surface area contributed by atoms with Gasteiger partial charge in [-0.05, 0) is 37.6 Å². The molecule has 4 heteroatoms. The second kappa shape index (κ2) is 6.31. The van der Waals surface area contributed by atoms with Crippen LogP contribution in [0, 0.1) is 0 Å². The SMILES string of the molecule is CNC(CCc1cccnc1)Cc1ccn(C)n1. The molecule has 0 bridgehead atoms. The lowest BCUT2D eigenvalue weighted by Crippen LogP contribution is -2.28. The molecule has 4 nitrogen and oxygen atoms in total. The largest absolute Gasteiger partial charge is 0.317 e. The van der Waals surface area contributed by atoms with Crippen molar-refractivity contribution >= 4 is 0 Å². The van der Waals surface area contributed by atoms with Gasteiger partial charge in [-0.25, -0.2) is 0 Å². The van der Waals surface area contributed by atoms with Crippen LogP contribution in [0.25, 0.3) is 0 Å². The maximum absolute atomic E-state index is 4.42. The molecule has 18 heavy (non-hydrogen) atoms. The lowest BCUT2D eigenvalue weighted by atomic mass is 10.0. The zero-order valence-corrected chi connectivity index (χ0v) is 11.0. The Labute approximate surface area is 108 Å². The van der Waals surface area contributed by atoms with Gasteiger partial charge in [0.1, 0.15) is 0 Å². The molecule has 0 aliphatic carbocycles. The number of likely N-dealkylation sites (N-methyl/N-ethyl adjacent to an activating group) is 1. The molecule has 96 valence electrons. The lowest BCUT2D eigenvalue weighted by Gasteiger charge is -2.14. The maximum atomic E-state index is 4.42. The highest BCUT2D eigenvalue weighted by Gasteiger charge is 2.09. The summed E-state index contributed by atoms with van der Waals surface area (Å²) in [5.74, 6) is 0. The molecule has 2 aromatic heterocycles. The summed E-state index contributed by atoms with van der Waals surface area (Å²) in [5, 5.41) is 7.78. The molecule has 0 saturated heterocycles. The summed E-state index contributed by atoms with van der Waals surface area (Å²) in [5.41, 5.74) is 2.43. The first-order valence-corrected chi connectivity index (χ1v) is 6.32. The van der Waals surface area contributed by atoms with Crippen LogP contribution in [0.1, 0.15) is 17.7 Å². The Morgan fingerprint density at radius 1 is 1.39 bits per heavy atom. The highest BCUT2D eigenvalue weighted by Crippen LogP contribution is 2.07. The van der Waals surface area contributed by atoms with Gasteiger partial charge in [-0.1, -0.05) is 6.07 Å². The number of rotatable bonds is 6. The van der Waals surface area contributed by atoms with E-state index in [-0.39, 0.29) is 0 Å². The maximum Gasteiger partial charge on any atom is 0.0639 e. The van der Waals surface area contributed by atoms with Crippen LogP contribution in [0.2, 0.25) is 0 Å². The number of aryl methyl sites for hydroxylation is 2. The summed E-state index contributed by atoms with van der Waals surface area (Å²) >= 11 is 0. The Kier molecular flexibility index (Phi) is 4.47. The second-order valence-electron chi connectivity index (χ2n) is 4.57. The van der Waals surface area contributed by atoms with Gasteiger partial charge in [0.2, 0.25) is 0 Å². The third-order valence-corrected chi connectivity index (χ3v) is 3.14. The minimum Gasteiger partial charge on any atom is -0.317 e. The molecule has 1 unspecified atom stereocenters. The standard InChI is InChI=1S/C14H20N4/c1-15-13(10-14-7-9-18(2)17-14)6-5-12-4-3-8-16-11-12/h3-4,7-9,11,13,15H,5-6,10H2,1-2H3. The number of pyridine rings is 1. The van der Waals surface area contributed by atoms with E-state index >= 15 is 0 Å². The molecule has 0 radical (unpaired) electrons. The summed E-state index contributed by atoms with van der Waals surface area (Å²) < 4.78 is 1.85. The molecule has 0 aliphatic rings. The van der Waals surface area contributed by atoms with E-state index in [4.69, 9.17) is 0 Å². The first-order valence-electron chi connectivity index (χ1n) is 6.32. The molecule has 2 aromatic rings. The molecule has 1 N–H and O–H groups in total. The van der Waals surface area contributed by atoms with Crippen molar-refractivity contribution in [2.24, 2.45) is 7.05 Å². The molecule has 0 aromatic carbocycles. The fourth-order valence-corrected chi connectivity index (χ4v) is 2.06. The summed E-state index contributed by atoms with van der Waals surface area (Å²) in [6.07, 6.45) is 8.85. The predicted molar refractivity (Wildman–Crippen MR) is 72.3 cm³/mol. The smallest absolute Gasteiger partial charge is 0.0639 e. The van der Waals surface area contributed by atoms with Gasteiger partial charge in [-0.2, -0.15) is 5.10 Å². The van der Waals surface area contributed by atoms with Crippen LogP contribution in [0.3, 0.4) is 0 Å². The highest BCUT2D eigenvalue weighted by atomic mass is 15.2. The number of hydrogen-bond acceptors (Lipinski definition) is 3. The first-order chi connectivity index (χ1) is 8.78. The molecule has 0 aliphatic heterocycles. The quantitative estimate of drug-likeness (QED) is 0.839. The third-order valence-electron chi connectivity index (χ3n) is 3.14. The summed E-state index contributed by atoms with van der Waals surface area (Å²) in [4.78, 5) is 4.14. The van der Waals surface area contributed by atoms with Crippen molar-refractivity contribution in [3.8, 4) is 0 Å². The van der Waals surface area contributed by atoms with Gasteiger partial charge in [-0.15, -0.1) is 0 Å². The number of nitrogens with one attached hydrogen (secondary N) is 1. The van der Waals surface area contributed by atoms with E-state index in [1.165, 1.54) is 5.56 Å². The molecule has 0 spiro atoms. The molecular weight excluding hydrogens is 224 g/mol. The average molecular weight is 244 g/mol. The van der Waals surface area contributed by atoms with Gasteiger partial charge in [-0.3, -0.25) is 9.67 Å². The lowest BCUT2D eigenvalue weighted by molar-refractivity contribution is 0.511. The van der Waals surface area contributed by atoms with Gasteiger partial charge in [0.25, 0.3) is 0 Å². The van der Waals surface area contributed by atoms with Crippen LogP contribution in [-0.2, 0) is 19.9 Å². The van der Waals surface area contributed by atoms with Crippen molar-refractivity contribution in [3.63, 3.8) is 0 Å². The summed E-state index contributed by atoms with van der Waals surface area (Å²) in [6, 6.07) is 6.65. The zero-order valence-electron chi connectivity index (χ0n) is 11.0. The monoisotopic (exact) mass is 244 g/mol. The van der Waals surface area contributed by atoms with E-state index in [1.807, 2.05) is 43.4 Å². The van der Waals surface area contributed by atoms with Gasteiger partial charge in [0.05, 0.1) is 5.69 Å². The van der Waals surface area contributed by atoms with Crippen molar-refractivity contribution in [2.45, 2.75) is 25.3 Å². The van der Waals surface area contributed by atoms with Crippen LogP contribution in [-0.4, -0.2) is 27.9 Å². The van der Waals surface area contributed by atoms with Gasteiger partial charge in [0.15, 0.2) is 0 Å². The fourth-order valence-electron chi connectivity index (χ4n) is 2.06.